The van der Waals surface area contributed by atoms with Gasteiger partial charge in [-0.3, -0.25) is 0 Å². The molecule has 0 unspecified atom stereocenters. The highest BCUT2D eigenvalue weighted by atomic mass is 35.5. The fourth-order valence-electron chi connectivity index (χ4n) is 2.08. The summed E-state index contributed by atoms with van der Waals surface area (Å²) in [5.41, 5.74) is 0. The highest BCUT2D eigenvalue weighted by Gasteiger charge is 2.28. The Morgan fingerprint density at radius 3 is 3.05 bits per heavy atom. The van der Waals surface area contributed by atoms with E-state index < -0.39 is 0 Å². The predicted molar refractivity (Wildman–Crippen MR) is 76.7 cm³/mol. The molecule has 5 nitrogen and oxygen atoms in total. The number of halogens is 1. The molecule has 0 spiro atoms. The number of benzene rings is 1. The van der Waals surface area contributed by atoms with Crippen LogP contribution in [0.1, 0.15) is 24.2 Å². The summed E-state index contributed by atoms with van der Waals surface area (Å²) in [6.07, 6.45) is 0.270. The van der Waals surface area contributed by atoms with Gasteiger partial charge in [0.05, 0.1) is 22.9 Å². The molecule has 0 amide bonds. The van der Waals surface area contributed by atoms with Gasteiger partial charge in [0.1, 0.15) is 0 Å². The number of hydrogen-bond acceptors (Lipinski definition) is 6. The van der Waals surface area contributed by atoms with Gasteiger partial charge in [-0.05, 0) is 18.6 Å². The van der Waals surface area contributed by atoms with Crippen LogP contribution in [0.3, 0.4) is 0 Å². The average Bonchev–Trinajstić information content (AvgIpc) is 3.06. The van der Waals surface area contributed by atoms with E-state index in [9.17, 15) is 5.11 Å². The topological polar surface area (TPSA) is 71.2 Å². The molecule has 7 heteroatoms. The van der Waals surface area contributed by atoms with Crippen LogP contribution in [-0.2, 0) is 5.75 Å². The van der Waals surface area contributed by atoms with Crippen molar-refractivity contribution in [1.82, 2.24) is 15.5 Å². The standard InChI is InChI=1S/C13H14ClN3O2S/c14-9-3-1-2-4-11(9)20-7-12-16-13(19-17-12)10-5-8(18)6-15-10/h1-4,8,10,15,18H,5-7H2/t8-,10-/m0/s1. The molecule has 2 N–H and O–H groups in total. The zero-order chi connectivity index (χ0) is 13.9. The lowest BCUT2D eigenvalue weighted by Gasteiger charge is -2.02. The minimum Gasteiger partial charge on any atom is -0.392 e. The van der Waals surface area contributed by atoms with E-state index in [2.05, 4.69) is 15.5 Å². The Balaban J connectivity index is 1.62. The second-order valence-electron chi connectivity index (χ2n) is 4.62. The Labute approximate surface area is 125 Å². The Kier molecular flexibility index (Phi) is 4.26. The Morgan fingerprint density at radius 2 is 2.30 bits per heavy atom. The first-order valence-corrected chi connectivity index (χ1v) is 7.70. The lowest BCUT2D eigenvalue weighted by atomic mass is 10.2. The van der Waals surface area contributed by atoms with E-state index in [-0.39, 0.29) is 12.1 Å². The number of rotatable bonds is 4. The van der Waals surface area contributed by atoms with Crippen LogP contribution < -0.4 is 5.32 Å². The highest BCUT2D eigenvalue weighted by Crippen LogP contribution is 2.29. The van der Waals surface area contributed by atoms with Gasteiger partial charge in [0.15, 0.2) is 5.82 Å². The summed E-state index contributed by atoms with van der Waals surface area (Å²) in [6.45, 7) is 0.566. The fourth-order valence-corrected chi connectivity index (χ4v) is 3.16. The van der Waals surface area contributed by atoms with Crippen molar-refractivity contribution in [1.29, 1.82) is 0 Å². The number of aliphatic hydroxyl groups is 1. The molecule has 2 aromatic rings. The van der Waals surface area contributed by atoms with Crippen LogP contribution in [0, 0.1) is 0 Å². The van der Waals surface area contributed by atoms with Crippen LogP contribution >= 0.6 is 23.4 Å². The SMILES string of the molecule is O[C@@H]1CN[C@H](c2nc(CSc3ccccc3Cl)no2)C1. The van der Waals surface area contributed by atoms with Crippen LogP contribution in [0.15, 0.2) is 33.7 Å². The monoisotopic (exact) mass is 311 g/mol. The van der Waals surface area contributed by atoms with Crippen LogP contribution in [0.25, 0.3) is 0 Å². The number of nitrogens with zero attached hydrogens (tertiary/aromatic N) is 2. The molecule has 0 aliphatic carbocycles. The van der Waals surface area contributed by atoms with Gasteiger partial charge in [0, 0.05) is 11.4 Å². The van der Waals surface area contributed by atoms with Gasteiger partial charge in [-0.2, -0.15) is 4.98 Å². The molecule has 2 heterocycles. The Hall–Kier alpha value is -1.08. The first-order valence-electron chi connectivity index (χ1n) is 6.33. The van der Waals surface area contributed by atoms with Crippen LogP contribution in [0.2, 0.25) is 5.02 Å². The van der Waals surface area contributed by atoms with Crippen LogP contribution in [-0.4, -0.2) is 27.9 Å². The van der Waals surface area contributed by atoms with Crippen molar-refractivity contribution in [3.05, 3.63) is 41.0 Å². The minimum absolute atomic E-state index is 0.0448. The molecular weight excluding hydrogens is 298 g/mol. The Bertz CT molecular complexity index is 593. The van der Waals surface area contributed by atoms with E-state index in [0.29, 0.717) is 30.4 Å². The van der Waals surface area contributed by atoms with E-state index in [1.54, 1.807) is 11.8 Å². The van der Waals surface area contributed by atoms with Gasteiger partial charge in [-0.15, -0.1) is 11.8 Å². The number of β-amino-alcohol motifs (C(OH)–C–C–N with tert-alkyl or cyclic N) is 1. The maximum absolute atomic E-state index is 9.48. The number of nitrogens with one attached hydrogen (secondary N) is 1. The van der Waals surface area contributed by atoms with Crippen molar-refractivity contribution < 1.29 is 9.63 Å². The van der Waals surface area contributed by atoms with Crippen molar-refractivity contribution in [2.75, 3.05) is 6.54 Å². The van der Waals surface area contributed by atoms with Crippen LogP contribution in [0.5, 0.6) is 0 Å². The zero-order valence-electron chi connectivity index (χ0n) is 10.6. The molecule has 1 aliphatic rings. The summed E-state index contributed by atoms with van der Waals surface area (Å²) in [6, 6.07) is 7.62. The van der Waals surface area contributed by atoms with Crippen molar-refractivity contribution in [2.24, 2.45) is 0 Å². The molecule has 1 aromatic heterocycles. The minimum atomic E-state index is -0.340. The average molecular weight is 312 g/mol. The summed E-state index contributed by atoms with van der Waals surface area (Å²) in [7, 11) is 0. The van der Waals surface area contributed by atoms with Gasteiger partial charge >= 0.3 is 0 Å². The molecule has 1 aromatic carbocycles. The van der Waals surface area contributed by atoms with Crippen molar-refractivity contribution in [2.45, 2.75) is 29.2 Å². The quantitative estimate of drug-likeness (QED) is 0.845. The molecule has 1 fully saturated rings. The Morgan fingerprint density at radius 1 is 1.45 bits per heavy atom. The summed E-state index contributed by atoms with van der Waals surface area (Å²) >= 11 is 7.66. The third-order valence-corrected chi connectivity index (χ3v) is 4.59. The van der Waals surface area contributed by atoms with Crippen molar-refractivity contribution >= 4 is 23.4 Å². The molecule has 0 bridgehead atoms. The lowest BCUT2D eigenvalue weighted by molar-refractivity contribution is 0.191. The summed E-state index contributed by atoms with van der Waals surface area (Å²) in [4.78, 5) is 5.35. The first-order chi connectivity index (χ1) is 9.72. The number of hydrogen-bond donors (Lipinski definition) is 2. The largest absolute Gasteiger partial charge is 0.392 e. The van der Waals surface area contributed by atoms with E-state index in [1.807, 2.05) is 24.3 Å². The number of thioether (sulfide) groups is 1. The van der Waals surface area contributed by atoms with Crippen molar-refractivity contribution in [3.8, 4) is 0 Å². The fraction of sp³-hybridized carbons (Fsp3) is 0.385. The maximum atomic E-state index is 9.48. The van der Waals surface area contributed by atoms with Crippen molar-refractivity contribution in [3.63, 3.8) is 0 Å². The maximum Gasteiger partial charge on any atom is 0.243 e. The lowest BCUT2D eigenvalue weighted by Crippen LogP contribution is -2.15. The smallest absolute Gasteiger partial charge is 0.243 e. The third-order valence-electron chi connectivity index (χ3n) is 3.08. The molecule has 0 saturated carbocycles. The van der Waals surface area contributed by atoms with Gasteiger partial charge in [-0.1, -0.05) is 28.9 Å². The summed E-state index contributed by atoms with van der Waals surface area (Å²) < 4.78 is 5.23. The normalized spacial score (nSPS) is 22.3. The summed E-state index contributed by atoms with van der Waals surface area (Å²) in [5.74, 6) is 1.77. The molecule has 1 saturated heterocycles. The molecule has 1 aliphatic heterocycles. The number of aliphatic hydroxyl groups excluding tert-OH is 1. The first kappa shape index (κ1) is 13.9. The van der Waals surface area contributed by atoms with E-state index in [1.165, 1.54) is 0 Å². The number of aromatic nitrogens is 2. The van der Waals surface area contributed by atoms with Gasteiger partial charge < -0.3 is 14.9 Å². The van der Waals surface area contributed by atoms with E-state index in [4.69, 9.17) is 16.1 Å². The van der Waals surface area contributed by atoms with Crippen LogP contribution in [0.4, 0.5) is 0 Å². The molecular formula is C13H14ClN3O2S. The highest BCUT2D eigenvalue weighted by molar-refractivity contribution is 7.98. The second-order valence-corrected chi connectivity index (χ2v) is 6.04. The predicted octanol–water partition coefficient (Wildman–Crippen LogP) is 2.41. The molecule has 0 radical (unpaired) electrons. The zero-order valence-corrected chi connectivity index (χ0v) is 12.2. The molecule has 2 atom stereocenters. The summed E-state index contributed by atoms with van der Waals surface area (Å²) in [5, 5.41) is 17.3. The van der Waals surface area contributed by atoms with Gasteiger partial charge in [0.25, 0.3) is 0 Å². The van der Waals surface area contributed by atoms with E-state index >= 15 is 0 Å². The molecule has 106 valence electrons. The second kappa shape index (κ2) is 6.13. The van der Waals surface area contributed by atoms with Gasteiger partial charge in [-0.25, -0.2) is 0 Å². The molecule has 20 heavy (non-hydrogen) atoms. The third kappa shape index (κ3) is 3.15. The van der Waals surface area contributed by atoms with Gasteiger partial charge in [0.2, 0.25) is 5.89 Å². The molecule has 3 rings (SSSR count). The van der Waals surface area contributed by atoms with E-state index in [0.717, 1.165) is 9.92 Å².